The maximum Gasteiger partial charge on any atom is 0.233 e. The number of benzene rings is 2. The van der Waals surface area contributed by atoms with Crippen molar-refractivity contribution in [2.75, 3.05) is 18.8 Å². The van der Waals surface area contributed by atoms with Crippen LogP contribution in [0, 0.1) is 5.82 Å². The molecule has 0 saturated carbocycles. The molecule has 0 radical (unpaired) electrons. The Labute approximate surface area is 167 Å². The van der Waals surface area contributed by atoms with Crippen LogP contribution in [0.2, 0.25) is 0 Å². The third kappa shape index (κ3) is 4.25. The average molecular weight is 396 g/mol. The second kappa shape index (κ2) is 8.56. The molecule has 1 aromatic heterocycles. The van der Waals surface area contributed by atoms with Gasteiger partial charge in [-0.25, -0.2) is 4.39 Å². The van der Waals surface area contributed by atoms with Crippen LogP contribution in [0.25, 0.3) is 11.4 Å². The molecule has 1 aliphatic heterocycles. The predicted molar refractivity (Wildman–Crippen MR) is 107 cm³/mol. The number of nitrogens with zero attached hydrogens (tertiary/aromatic N) is 4. The molecule has 1 saturated heterocycles. The molecular weight excluding hydrogens is 375 g/mol. The van der Waals surface area contributed by atoms with E-state index in [0.29, 0.717) is 23.3 Å². The van der Waals surface area contributed by atoms with Crippen LogP contribution in [0.15, 0.2) is 59.8 Å². The number of aromatic nitrogens is 3. The zero-order valence-electron chi connectivity index (χ0n) is 15.4. The zero-order valence-corrected chi connectivity index (χ0v) is 16.2. The highest BCUT2D eigenvalue weighted by Crippen LogP contribution is 2.26. The fraction of sp³-hybridized carbons (Fsp3) is 0.286. The van der Waals surface area contributed by atoms with E-state index >= 15 is 0 Å². The van der Waals surface area contributed by atoms with Crippen molar-refractivity contribution >= 4 is 17.7 Å². The first-order valence-electron chi connectivity index (χ1n) is 9.34. The van der Waals surface area contributed by atoms with E-state index in [1.54, 1.807) is 12.1 Å². The SMILES string of the molecule is O=C(CSc1nnc(-c2ccc(F)cc2)n1Cc1ccccc1)N1CCCC1. The second-order valence-corrected chi connectivity index (χ2v) is 7.70. The fourth-order valence-corrected chi connectivity index (χ4v) is 4.14. The Balaban J connectivity index is 1.59. The van der Waals surface area contributed by atoms with E-state index in [1.165, 1.54) is 23.9 Å². The maximum absolute atomic E-state index is 13.3. The van der Waals surface area contributed by atoms with E-state index in [1.807, 2.05) is 39.8 Å². The van der Waals surface area contributed by atoms with Crippen molar-refractivity contribution in [3.05, 3.63) is 66.0 Å². The molecule has 1 aliphatic rings. The van der Waals surface area contributed by atoms with Gasteiger partial charge in [0, 0.05) is 18.7 Å². The van der Waals surface area contributed by atoms with Gasteiger partial charge in [-0.15, -0.1) is 10.2 Å². The van der Waals surface area contributed by atoms with E-state index in [-0.39, 0.29) is 11.7 Å². The summed E-state index contributed by atoms with van der Waals surface area (Å²) in [7, 11) is 0. The van der Waals surface area contributed by atoms with Crippen molar-refractivity contribution in [2.45, 2.75) is 24.5 Å². The lowest BCUT2D eigenvalue weighted by Crippen LogP contribution is -2.29. The lowest BCUT2D eigenvalue weighted by molar-refractivity contribution is -0.127. The van der Waals surface area contributed by atoms with Crippen LogP contribution in [0.5, 0.6) is 0 Å². The van der Waals surface area contributed by atoms with E-state index in [9.17, 15) is 9.18 Å². The van der Waals surface area contributed by atoms with Gasteiger partial charge in [-0.05, 0) is 42.7 Å². The molecule has 4 rings (SSSR count). The normalized spacial score (nSPS) is 13.8. The van der Waals surface area contributed by atoms with Crippen molar-refractivity contribution in [3.8, 4) is 11.4 Å². The number of carbonyl (C=O) groups excluding carboxylic acids is 1. The number of rotatable bonds is 6. The number of thioether (sulfide) groups is 1. The molecule has 2 heterocycles. The Morgan fingerprint density at radius 3 is 2.43 bits per heavy atom. The number of halogens is 1. The summed E-state index contributed by atoms with van der Waals surface area (Å²) in [6, 6.07) is 16.3. The van der Waals surface area contributed by atoms with Crippen LogP contribution in [-0.4, -0.2) is 44.4 Å². The lowest BCUT2D eigenvalue weighted by atomic mass is 10.2. The first kappa shape index (κ1) is 18.7. The third-order valence-electron chi connectivity index (χ3n) is 4.79. The number of hydrogen-bond donors (Lipinski definition) is 0. The molecule has 5 nitrogen and oxygen atoms in total. The standard InChI is InChI=1S/C21H21FN4OS/c22-18-10-8-17(9-11-18)20-23-24-21(26(20)14-16-6-2-1-3-7-16)28-15-19(27)25-12-4-5-13-25/h1-3,6-11H,4-5,12-15H2. The summed E-state index contributed by atoms with van der Waals surface area (Å²) in [6.45, 7) is 2.27. The second-order valence-electron chi connectivity index (χ2n) is 6.76. The lowest BCUT2D eigenvalue weighted by Gasteiger charge is -2.15. The third-order valence-corrected chi connectivity index (χ3v) is 5.74. The van der Waals surface area contributed by atoms with Crippen LogP contribution >= 0.6 is 11.8 Å². The summed E-state index contributed by atoms with van der Waals surface area (Å²) in [4.78, 5) is 14.3. The van der Waals surface area contributed by atoms with Crippen molar-refractivity contribution in [1.82, 2.24) is 19.7 Å². The first-order chi connectivity index (χ1) is 13.7. The van der Waals surface area contributed by atoms with Gasteiger partial charge in [0.2, 0.25) is 5.91 Å². The summed E-state index contributed by atoms with van der Waals surface area (Å²) in [5.74, 6) is 0.861. The summed E-state index contributed by atoms with van der Waals surface area (Å²) in [5, 5.41) is 9.34. The van der Waals surface area contributed by atoms with Gasteiger partial charge in [-0.1, -0.05) is 42.1 Å². The molecule has 1 amide bonds. The van der Waals surface area contributed by atoms with E-state index in [0.717, 1.165) is 37.1 Å². The van der Waals surface area contributed by atoms with Gasteiger partial charge in [0.05, 0.1) is 12.3 Å². The van der Waals surface area contributed by atoms with Crippen LogP contribution in [-0.2, 0) is 11.3 Å². The van der Waals surface area contributed by atoms with Crippen molar-refractivity contribution < 1.29 is 9.18 Å². The van der Waals surface area contributed by atoms with E-state index in [2.05, 4.69) is 10.2 Å². The van der Waals surface area contributed by atoms with Crippen LogP contribution < -0.4 is 0 Å². The molecule has 144 valence electrons. The highest BCUT2D eigenvalue weighted by atomic mass is 32.2. The van der Waals surface area contributed by atoms with E-state index in [4.69, 9.17) is 0 Å². The van der Waals surface area contributed by atoms with Crippen LogP contribution in [0.4, 0.5) is 4.39 Å². The van der Waals surface area contributed by atoms with Gasteiger partial charge in [-0.2, -0.15) is 0 Å². The van der Waals surface area contributed by atoms with Gasteiger partial charge in [0.1, 0.15) is 5.82 Å². The molecule has 0 spiro atoms. The summed E-state index contributed by atoms with van der Waals surface area (Å²) >= 11 is 1.40. The predicted octanol–water partition coefficient (Wildman–Crippen LogP) is 3.85. The molecule has 28 heavy (non-hydrogen) atoms. The highest BCUT2D eigenvalue weighted by molar-refractivity contribution is 7.99. The molecule has 0 aliphatic carbocycles. The minimum atomic E-state index is -0.288. The topological polar surface area (TPSA) is 51.0 Å². The van der Waals surface area contributed by atoms with Gasteiger partial charge in [0.15, 0.2) is 11.0 Å². The Morgan fingerprint density at radius 1 is 1.00 bits per heavy atom. The summed E-state index contributed by atoms with van der Waals surface area (Å²) in [5.41, 5.74) is 1.90. The molecule has 1 fully saturated rings. The van der Waals surface area contributed by atoms with Gasteiger partial charge < -0.3 is 4.90 Å². The van der Waals surface area contributed by atoms with Crippen LogP contribution in [0.3, 0.4) is 0 Å². The molecule has 3 aromatic rings. The minimum absolute atomic E-state index is 0.139. The monoisotopic (exact) mass is 396 g/mol. The average Bonchev–Trinajstić information content (AvgIpc) is 3.38. The Morgan fingerprint density at radius 2 is 1.71 bits per heavy atom. The van der Waals surface area contributed by atoms with Gasteiger partial charge >= 0.3 is 0 Å². The Hall–Kier alpha value is -2.67. The largest absolute Gasteiger partial charge is 0.342 e. The first-order valence-corrected chi connectivity index (χ1v) is 10.3. The van der Waals surface area contributed by atoms with E-state index < -0.39 is 0 Å². The Bertz CT molecular complexity index is 937. The summed E-state index contributed by atoms with van der Waals surface area (Å²) in [6.07, 6.45) is 2.16. The molecule has 0 unspecified atom stereocenters. The maximum atomic E-state index is 13.3. The zero-order chi connectivity index (χ0) is 19.3. The molecular formula is C21H21FN4OS. The van der Waals surface area contributed by atoms with Gasteiger partial charge in [0.25, 0.3) is 0 Å². The van der Waals surface area contributed by atoms with Gasteiger partial charge in [-0.3, -0.25) is 9.36 Å². The van der Waals surface area contributed by atoms with Crippen molar-refractivity contribution in [2.24, 2.45) is 0 Å². The minimum Gasteiger partial charge on any atom is -0.342 e. The number of hydrogen-bond acceptors (Lipinski definition) is 4. The number of amides is 1. The fourth-order valence-electron chi connectivity index (χ4n) is 3.30. The van der Waals surface area contributed by atoms with Crippen molar-refractivity contribution in [3.63, 3.8) is 0 Å². The Kier molecular flexibility index (Phi) is 5.71. The smallest absolute Gasteiger partial charge is 0.233 e. The molecule has 0 N–H and O–H groups in total. The quantitative estimate of drug-likeness (QED) is 0.594. The molecule has 7 heteroatoms. The number of likely N-dealkylation sites (tertiary alicyclic amines) is 1. The molecule has 0 atom stereocenters. The molecule has 0 bridgehead atoms. The summed E-state index contributed by atoms with van der Waals surface area (Å²) < 4.78 is 15.3. The van der Waals surface area contributed by atoms with Crippen LogP contribution in [0.1, 0.15) is 18.4 Å². The molecule has 2 aromatic carbocycles. The number of carbonyl (C=O) groups is 1. The van der Waals surface area contributed by atoms with Crippen molar-refractivity contribution in [1.29, 1.82) is 0 Å². The highest BCUT2D eigenvalue weighted by Gasteiger charge is 2.20.